The summed E-state index contributed by atoms with van der Waals surface area (Å²) in [4.78, 5) is 14.2. The Hall–Kier alpha value is -0.610. The highest BCUT2D eigenvalue weighted by Gasteiger charge is 2.24. The molecule has 1 rings (SSSR count). The summed E-state index contributed by atoms with van der Waals surface area (Å²) in [6, 6.07) is 0.353. The minimum atomic E-state index is 0.116. The molecule has 1 amide bonds. The van der Waals surface area contributed by atoms with E-state index < -0.39 is 0 Å². The number of rotatable bonds is 6. The summed E-state index contributed by atoms with van der Waals surface area (Å²) < 4.78 is 0. The number of nitrogens with zero attached hydrogens (tertiary/aromatic N) is 1. The van der Waals surface area contributed by atoms with Crippen LogP contribution >= 0.6 is 0 Å². The Kier molecular flexibility index (Phi) is 6.27. The summed E-state index contributed by atoms with van der Waals surface area (Å²) >= 11 is 0. The van der Waals surface area contributed by atoms with Crippen LogP contribution in [-0.2, 0) is 4.79 Å². The van der Waals surface area contributed by atoms with Gasteiger partial charge in [-0.15, -0.1) is 0 Å². The summed E-state index contributed by atoms with van der Waals surface area (Å²) in [6.07, 6.45) is 3.07. The van der Waals surface area contributed by atoms with Crippen LogP contribution in [0, 0.1) is 11.3 Å². The molecule has 0 saturated carbocycles. The average molecular weight is 269 g/mol. The van der Waals surface area contributed by atoms with Crippen molar-refractivity contribution in [2.24, 2.45) is 11.3 Å². The van der Waals surface area contributed by atoms with E-state index in [-0.39, 0.29) is 11.3 Å². The second kappa shape index (κ2) is 7.25. The first-order chi connectivity index (χ1) is 8.80. The van der Waals surface area contributed by atoms with Crippen molar-refractivity contribution in [1.82, 2.24) is 15.5 Å². The van der Waals surface area contributed by atoms with Crippen LogP contribution in [0.25, 0.3) is 0 Å². The highest BCUT2D eigenvalue weighted by Crippen LogP contribution is 2.18. The van der Waals surface area contributed by atoms with Gasteiger partial charge in [0.15, 0.2) is 0 Å². The molecule has 1 aliphatic heterocycles. The molecule has 1 aliphatic rings. The van der Waals surface area contributed by atoms with E-state index in [2.05, 4.69) is 50.4 Å². The Morgan fingerprint density at radius 2 is 2.11 bits per heavy atom. The van der Waals surface area contributed by atoms with Crippen molar-refractivity contribution >= 4 is 5.91 Å². The van der Waals surface area contributed by atoms with E-state index in [1.54, 1.807) is 0 Å². The van der Waals surface area contributed by atoms with E-state index in [0.29, 0.717) is 18.4 Å². The van der Waals surface area contributed by atoms with Crippen molar-refractivity contribution in [1.29, 1.82) is 0 Å². The maximum Gasteiger partial charge on any atom is 0.221 e. The van der Waals surface area contributed by atoms with E-state index in [1.165, 1.54) is 12.8 Å². The van der Waals surface area contributed by atoms with Crippen molar-refractivity contribution in [3.63, 3.8) is 0 Å². The molecule has 0 spiro atoms. The Labute approximate surface area is 118 Å². The second-order valence-electron chi connectivity index (χ2n) is 7.06. The number of nitrogens with one attached hydrogen (secondary N) is 2. The number of hydrogen-bond donors (Lipinski definition) is 2. The molecule has 4 heteroatoms. The van der Waals surface area contributed by atoms with Gasteiger partial charge in [-0.3, -0.25) is 4.79 Å². The zero-order valence-corrected chi connectivity index (χ0v) is 13.3. The van der Waals surface area contributed by atoms with Gasteiger partial charge in [0.05, 0.1) is 0 Å². The molecule has 2 unspecified atom stereocenters. The Bertz CT molecular complexity index is 289. The number of hydrogen-bond acceptors (Lipinski definition) is 3. The molecule has 2 atom stereocenters. The molecule has 1 fully saturated rings. The summed E-state index contributed by atoms with van der Waals surface area (Å²) in [6.45, 7) is 9.38. The monoisotopic (exact) mass is 269 g/mol. The first-order valence-electron chi connectivity index (χ1n) is 7.45. The van der Waals surface area contributed by atoms with Crippen molar-refractivity contribution in [2.75, 3.05) is 33.7 Å². The quantitative estimate of drug-likeness (QED) is 0.767. The Morgan fingerprint density at radius 3 is 2.68 bits per heavy atom. The van der Waals surface area contributed by atoms with E-state index in [9.17, 15) is 4.79 Å². The van der Waals surface area contributed by atoms with Crippen molar-refractivity contribution in [2.45, 2.75) is 46.1 Å². The number of amides is 1. The lowest BCUT2D eigenvalue weighted by atomic mass is 9.90. The third kappa shape index (κ3) is 6.39. The molecule has 0 aromatic rings. The minimum absolute atomic E-state index is 0.116. The van der Waals surface area contributed by atoms with Crippen LogP contribution in [0.1, 0.15) is 40.0 Å². The van der Waals surface area contributed by atoms with Gasteiger partial charge in [0.1, 0.15) is 0 Å². The fraction of sp³-hybridized carbons (Fsp3) is 0.933. The van der Waals surface area contributed by atoms with Crippen molar-refractivity contribution in [3.8, 4) is 0 Å². The third-order valence-electron chi connectivity index (χ3n) is 3.84. The van der Waals surface area contributed by atoms with E-state index in [4.69, 9.17) is 0 Å². The van der Waals surface area contributed by atoms with Gasteiger partial charge in [-0.1, -0.05) is 20.8 Å². The summed E-state index contributed by atoms with van der Waals surface area (Å²) in [5, 5.41) is 6.55. The van der Waals surface area contributed by atoms with Crippen LogP contribution in [0.5, 0.6) is 0 Å². The Balaban J connectivity index is 2.31. The molecule has 4 nitrogen and oxygen atoms in total. The van der Waals surface area contributed by atoms with Crippen LogP contribution in [-0.4, -0.2) is 50.6 Å². The molecular weight excluding hydrogens is 238 g/mol. The van der Waals surface area contributed by atoms with Gasteiger partial charge in [-0.05, 0) is 44.8 Å². The lowest BCUT2D eigenvalue weighted by molar-refractivity contribution is -0.122. The minimum Gasteiger partial charge on any atom is -0.355 e. The van der Waals surface area contributed by atoms with Gasteiger partial charge in [0.2, 0.25) is 5.91 Å². The molecule has 0 bridgehead atoms. The lowest BCUT2D eigenvalue weighted by Crippen LogP contribution is -2.45. The molecule has 19 heavy (non-hydrogen) atoms. The zero-order chi connectivity index (χ0) is 14.5. The highest BCUT2D eigenvalue weighted by atomic mass is 16.1. The molecule has 1 saturated heterocycles. The molecule has 0 aliphatic carbocycles. The normalized spacial score (nSPS) is 24.5. The fourth-order valence-corrected chi connectivity index (χ4v) is 2.91. The third-order valence-corrected chi connectivity index (χ3v) is 3.84. The highest BCUT2D eigenvalue weighted by molar-refractivity contribution is 5.76. The van der Waals surface area contributed by atoms with Gasteiger partial charge in [0.25, 0.3) is 0 Å². The molecule has 112 valence electrons. The van der Waals surface area contributed by atoms with Crippen molar-refractivity contribution in [3.05, 3.63) is 0 Å². The predicted molar refractivity (Wildman–Crippen MR) is 80.2 cm³/mol. The van der Waals surface area contributed by atoms with Gasteiger partial charge >= 0.3 is 0 Å². The van der Waals surface area contributed by atoms with Gasteiger partial charge in [0, 0.05) is 25.6 Å². The van der Waals surface area contributed by atoms with E-state index in [1.807, 2.05) is 0 Å². The van der Waals surface area contributed by atoms with Crippen LogP contribution in [0.2, 0.25) is 0 Å². The van der Waals surface area contributed by atoms with Gasteiger partial charge in [-0.25, -0.2) is 0 Å². The van der Waals surface area contributed by atoms with Crippen LogP contribution in [0.4, 0.5) is 0 Å². The van der Waals surface area contributed by atoms with Gasteiger partial charge in [-0.2, -0.15) is 0 Å². The molecule has 0 aromatic carbocycles. The topological polar surface area (TPSA) is 44.4 Å². The lowest BCUT2D eigenvalue weighted by Gasteiger charge is -2.31. The number of piperidine rings is 1. The summed E-state index contributed by atoms with van der Waals surface area (Å²) in [5.74, 6) is 0.785. The zero-order valence-electron chi connectivity index (χ0n) is 13.3. The smallest absolute Gasteiger partial charge is 0.221 e. The standard InChI is InChI=1S/C15H31N3O/c1-12-7-6-8-16-13(12)9-14(19)17-10-15(2,3)11-18(4)5/h12-13,16H,6-11H2,1-5H3,(H,17,19). The SMILES string of the molecule is CC1CCCNC1CC(=O)NCC(C)(C)CN(C)C. The second-order valence-corrected chi connectivity index (χ2v) is 7.06. The maximum absolute atomic E-state index is 12.0. The van der Waals surface area contributed by atoms with E-state index in [0.717, 1.165) is 19.6 Å². The maximum atomic E-state index is 12.0. The number of carbonyl (C=O) groups is 1. The van der Waals surface area contributed by atoms with Crippen molar-refractivity contribution < 1.29 is 4.79 Å². The van der Waals surface area contributed by atoms with E-state index >= 15 is 0 Å². The summed E-state index contributed by atoms with van der Waals surface area (Å²) in [7, 11) is 4.13. The van der Waals surface area contributed by atoms with Crippen LogP contribution in [0.15, 0.2) is 0 Å². The van der Waals surface area contributed by atoms with Crippen LogP contribution < -0.4 is 10.6 Å². The first-order valence-corrected chi connectivity index (χ1v) is 7.45. The molecule has 2 N–H and O–H groups in total. The Morgan fingerprint density at radius 1 is 1.42 bits per heavy atom. The van der Waals surface area contributed by atoms with Gasteiger partial charge < -0.3 is 15.5 Å². The fourth-order valence-electron chi connectivity index (χ4n) is 2.91. The first kappa shape index (κ1) is 16.4. The van der Waals surface area contributed by atoms with Crippen LogP contribution in [0.3, 0.4) is 0 Å². The molecule has 0 aromatic heterocycles. The summed E-state index contributed by atoms with van der Waals surface area (Å²) in [5.41, 5.74) is 0.116. The largest absolute Gasteiger partial charge is 0.355 e. The predicted octanol–water partition coefficient (Wildman–Crippen LogP) is 1.47. The number of carbonyl (C=O) groups excluding carboxylic acids is 1. The molecule has 0 radical (unpaired) electrons. The molecular formula is C15H31N3O. The average Bonchev–Trinajstić information content (AvgIpc) is 2.28. The molecule has 1 heterocycles.